The smallest absolute Gasteiger partial charge is 0.357 e. The van der Waals surface area contributed by atoms with Crippen LogP contribution in [-0.2, 0) is 10.2 Å². The molecule has 1 fully saturated rings. The summed E-state index contributed by atoms with van der Waals surface area (Å²) in [5.74, 6) is -0.318. The van der Waals surface area contributed by atoms with E-state index in [1.807, 2.05) is 18.4 Å². The molecule has 2 aromatic rings. The molecule has 3 nitrogen and oxygen atoms in total. The molecule has 4 heteroatoms. The molecule has 3 rings (SSSR count). The highest BCUT2D eigenvalue weighted by Crippen LogP contribution is 2.47. The van der Waals surface area contributed by atoms with E-state index in [2.05, 4.69) is 29.2 Å². The van der Waals surface area contributed by atoms with Gasteiger partial charge < -0.3 is 4.74 Å². The van der Waals surface area contributed by atoms with Crippen LogP contribution in [0, 0.1) is 0 Å². The van der Waals surface area contributed by atoms with Crippen molar-refractivity contribution >= 4 is 17.3 Å². The zero-order valence-corrected chi connectivity index (χ0v) is 13.0. The van der Waals surface area contributed by atoms with Gasteiger partial charge in [0.15, 0.2) is 5.69 Å². The molecule has 1 aliphatic carbocycles. The number of hydrogen-bond donors (Lipinski definition) is 0. The molecule has 1 aliphatic rings. The van der Waals surface area contributed by atoms with E-state index in [-0.39, 0.29) is 11.4 Å². The van der Waals surface area contributed by atoms with Crippen LogP contribution in [0.3, 0.4) is 0 Å². The van der Waals surface area contributed by atoms with Crippen molar-refractivity contribution in [2.45, 2.75) is 38.0 Å². The lowest BCUT2D eigenvalue weighted by Crippen LogP contribution is -2.23. The van der Waals surface area contributed by atoms with Crippen LogP contribution in [0.25, 0.3) is 0 Å². The number of esters is 1. The average molecular weight is 301 g/mol. The summed E-state index contributed by atoms with van der Waals surface area (Å²) in [6, 6.07) is 10.6. The van der Waals surface area contributed by atoms with Crippen LogP contribution in [0.4, 0.5) is 0 Å². The Morgan fingerprint density at radius 2 is 2.00 bits per heavy atom. The van der Waals surface area contributed by atoms with Gasteiger partial charge in [0.2, 0.25) is 0 Å². The number of carbonyl (C=O) groups excluding carboxylic acids is 1. The van der Waals surface area contributed by atoms with Crippen LogP contribution < -0.4 is 0 Å². The Balaban J connectivity index is 1.97. The number of thiazole rings is 1. The van der Waals surface area contributed by atoms with Crippen molar-refractivity contribution in [1.82, 2.24) is 4.98 Å². The van der Waals surface area contributed by atoms with E-state index in [0.29, 0.717) is 12.3 Å². The third-order valence-electron chi connectivity index (χ3n) is 4.18. The van der Waals surface area contributed by atoms with Gasteiger partial charge >= 0.3 is 5.97 Å². The third kappa shape index (κ3) is 2.60. The number of rotatable bonds is 4. The number of nitrogens with zero attached hydrogens (tertiary/aromatic N) is 1. The molecule has 0 radical (unpaired) electrons. The molecule has 0 unspecified atom stereocenters. The van der Waals surface area contributed by atoms with Crippen LogP contribution in [0.15, 0.2) is 35.7 Å². The van der Waals surface area contributed by atoms with Crippen molar-refractivity contribution in [2.24, 2.45) is 0 Å². The molecule has 110 valence electrons. The maximum Gasteiger partial charge on any atom is 0.357 e. The van der Waals surface area contributed by atoms with E-state index in [1.165, 1.54) is 18.4 Å². The van der Waals surface area contributed by atoms with Gasteiger partial charge in [-0.2, -0.15) is 0 Å². The van der Waals surface area contributed by atoms with Crippen molar-refractivity contribution in [3.05, 3.63) is 52.0 Å². The lowest BCUT2D eigenvalue weighted by atomic mass is 9.79. The first-order chi connectivity index (χ1) is 10.3. The van der Waals surface area contributed by atoms with E-state index >= 15 is 0 Å². The third-order valence-corrected chi connectivity index (χ3v) is 5.23. The predicted octanol–water partition coefficient (Wildman–Crippen LogP) is 4.18. The number of hydrogen-bond acceptors (Lipinski definition) is 4. The fourth-order valence-electron chi connectivity index (χ4n) is 3.15. The second-order valence-corrected chi connectivity index (χ2v) is 6.27. The summed E-state index contributed by atoms with van der Waals surface area (Å²) in [5.41, 5.74) is 1.74. The molecule has 0 amide bonds. The Morgan fingerprint density at radius 3 is 2.67 bits per heavy atom. The highest BCUT2D eigenvalue weighted by molar-refractivity contribution is 7.10. The normalized spacial score (nSPS) is 16.8. The van der Waals surface area contributed by atoms with E-state index in [9.17, 15) is 4.79 Å². The van der Waals surface area contributed by atoms with Crippen LogP contribution >= 0.6 is 11.3 Å². The Kier molecular flexibility index (Phi) is 4.06. The first-order valence-corrected chi connectivity index (χ1v) is 8.33. The van der Waals surface area contributed by atoms with Gasteiger partial charge in [0.25, 0.3) is 0 Å². The maximum atomic E-state index is 11.8. The molecule has 0 aliphatic heterocycles. The molecule has 0 bridgehead atoms. The minimum Gasteiger partial charge on any atom is -0.461 e. The topological polar surface area (TPSA) is 39.2 Å². The molecule has 1 aromatic heterocycles. The van der Waals surface area contributed by atoms with Gasteiger partial charge in [0.1, 0.15) is 5.01 Å². The van der Waals surface area contributed by atoms with Crippen LogP contribution in [0.1, 0.15) is 53.7 Å². The molecule has 0 saturated heterocycles. The summed E-state index contributed by atoms with van der Waals surface area (Å²) in [7, 11) is 0. The molecular weight excluding hydrogens is 282 g/mol. The second kappa shape index (κ2) is 5.98. The predicted molar refractivity (Wildman–Crippen MR) is 83.8 cm³/mol. The summed E-state index contributed by atoms with van der Waals surface area (Å²) in [6.45, 7) is 2.20. The Bertz CT molecular complexity index is 615. The standard InChI is InChI=1S/C17H19NO2S/c1-2-20-15(19)14-12-21-16(18-14)17(10-6-7-11-17)13-8-4-3-5-9-13/h3-5,8-9,12H,2,6-7,10-11H2,1H3. The van der Waals surface area contributed by atoms with E-state index < -0.39 is 0 Å². The molecule has 21 heavy (non-hydrogen) atoms. The lowest BCUT2D eigenvalue weighted by Gasteiger charge is -2.27. The summed E-state index contributed by atoms with van der Waals surface area (Å²) >= 11 is 1.58. The van der Waals surface area contributed by atoms with Gasteiger partial charge in [-0.3, -0.25) is 0 Å². The van der Waals surface area contributed by atoms with Gasteiger partial charge in [-0.05, 0) is 25.3 Å². The fourth-order valence-corrected chi connectivity index (χ4v) is 4.22. The van der Waals surface area contributed by atoms with Crippen molar-refractivity contribution < 1.29 is 9.53 Å². The first-order valence-electron chi connectivity index (χ1n) is 7.45. The van der Waals surface area contributed by atoms with E-state index in [4.69, 9.17) is 4.74 Å². The van der Waals surface area contributed by atoms with Gasteiger partial charge in [-0.25, -0.2) is 9.78 Å². The average Bonchev–Trinajstić information content (AvgIpc) is 3.18. The van der Waals surface area contributed by atoms with Gasteiger partial charge in [0, 0.05) is 10.8 Å². The van der Waals surface area contributed by atoms with E-state index in [0.717, 1.165) is 17.8 Å². The summed E-state index contributed by atoms with van der Waals surface area (Å²) in [4.78, 5) is 16.4. The quantitative estimate of drug-likeness (QED) is 0.795. The Labute approximate surface area is 129 Å². The van der Waals surface area contributed by atoms with Gasteiger partial charge in [0.05, 0.1) is 6.61 Å². The van der Waals surface area contributed by atoms with Crippen LogP contribution in [0.5, 0.6) is 0 Å². The first kappa shape index (κ1) is 14.3. The number of benzene rings is 1. The molecule has 1 aromatic carbocycles. The van der Waals surface area contributed by atoms with Crippen molar-refractivity contribution in [3.63, 3.8) is 0 Å². The fraction of sp³-hybridized carbons (Fsp3) is 0.412. The molecule has 1 heterocycles. The zero-order chi connectivity index (χ0) is 14.7. The minimum atomic E-state index is -0.318. The molecule has 0 atom stereocenters. The highest BCUT2D eigenvalue weighted by Gasteiger charge is 2.40. The molecule has 1 saturated carbocycles. The zero-order valence-electron chi connectivity index (χ0n) is 12.2. The van der Waals surface area contributed by atoms with Crippen LogP contribution in [-0.4, -0.2) is 17.6 Å². The monoisotopic (exact) mass is 301 g/mol. The maximum absolute atomic E-state index is 11.8. The van der Waals surface area contributed by atoms with E-state index in [1.54, 1.807) is 11.3 Å². The minimum absolute atomic E-state index is 0.0172. The SMILES string of the molecule is CCOC(=O)c1csc(C2(c3ccccc3)CCCC2)n1. The number of aromatic nitrogens is 1. The highest BCUT2D eigenvalue weighted by atomic mass is 32.1. The molecule has 0 spiro atoms. The summed E-state index contributed by atoms with van der Waals surface area (Å²) < 4.78 is 5.05. The summed E-state index contributed by atoms with van der Waals surface area (Å²) in [6.07, 6.45) is 4.63. The van der Waals surface area contributed by atoms with Gasteiger partial charge in [-0.15, -0.1) is 11.3 Å². The Hall–Kier alpha value is -1.68. The van der Waals surface area contributed by atoms with Gasteiger partial charge in [-0.1, -0.05) is 43.2 Å². The second-order valence-electron chi connectivity index (χ2n) is 5.41. The Morgan fingerprint density at radius 1 is 1.29 bits per heavy atom. The van der Waals surface area contributed by atoms with Crippen molar-refractivity contribution in [2.75, 3.05) is 6.61 Å². The molecular formula is C17H19NO2S. The lowest BCUT2D eigenvalue weighted by molar-refractivity contribution is 0.0520. The molecule has 0 N–H and O–H groups in total. The van der Waals surface area contributed by atoms with Crippen molar-refractivity contribution in [3.8, 4) is 0 Å². The largest absolute Gasteiger partial charge is 0.461 e. The van der Waals surface area contributed by atoms with Crippen molar-refractivity contribution in [1.29, 1.82) is 0 Å². The summed E-state index contributed by atoms with van der Waals surface area (Å²) in [5, 5.41) is 2.88. The van der Waals surface area contributed by atoms with Crippen LogP contribution in [0.2, 0.25) is 0 Å². The number of carbonyl (C=O) groups is 1. The number of ether oxygens (including phenoxy) is 1.